The Balaban J connectivity index is 1.57. The van der Waals surface area contributed by atoms with E-state index in [1.165, 1.54) is 0 Å². The van der Waals surface area contributed by atoms with Crippen LogP contribution in [0.1, 0.15) is 24.0 Å². The second kappa shape index (κ2) is 7.07. The van der Waals surface area contributed by atoms with Gasteiger partial charge in [0.15, 0.2) is 5.70 Å². The molecule has 2 aromatic rings. The fourth-order valence-electron chi connectivity index (χ4n) is 3.13. The van der Waals surface area contributed by atoms with Crippen molar-refractivity contribution in [1.29, 1.82) is 0 Å². The number of benzene rings is 2. The van der Waals surface area contributed by atoms with Crippen LogP contribution in [0.15, 0.2) is 59.2 Å². The third kappa shape index (κ3) is 3.46. The summed E-state index contributed by atoms with van der Waals surface area (Å²) in [5, 5.41) is 0. The van der Waals surface area contributed by atoms with E-state index < -0.39 is 5.97 Å². The van der Waals surface area contributed by atoms with Crippen molar-refractivity contribution in [2.24, 2.45) is 4.99 Å². The second-order valence-electron chi connectivity index (χ2n) is 6.31. The molecule has 6 nitrogen and oxygen atoms in total. The molecule has 4 rings (SSSR count). The fraction of sp³-hybridized carbons (Fsp3) is 0.190. The van der Waals surface area contributed by atoms with E-state index in [0.29, 0.717) is 17.7 Å². The molecule has 1 amide bonds. The molecule has 0 aromatic heterocycles. The first-order valence-corrected chi connectivity index (χ1v) is 8.71. The number of esters is 1. The summed E-state index contributed by atoms with van der Waals surface area (Å²) in [5.41, 5.74) is 2.57. The van der Waals surface area contributed by atoms with Gasteiger partial charge in [0.1, 0.15) is 5.75 Å². The Kier molecular flexibility index (Phi) is 4.46. The van der Waals surface area contributed by atoms with Gasteiger partial charge in [-0.25, -0.2) is 9.79 Å². The van der Waals surface area contributed by atoms with Gasteiger partial charge in [0.2, 0.25) is 11.8 Å². The largest absolute Gasteiger partial charge is 0.497 e. The number of anilines is 1. The Morgan fingerprint density at radius 1 is 1.15 bits per heavy atom. The van der Waals surface area contributed by atoms with Crippen molar-refractivity contribution in [2.75, 3.05) is 18.6 Å². The van der Waals surface area contributed by atoms with Crippen LogP contribution in [0.25, 0.3) is 6.08 Å². The van der Waals surface area contributed by atoms with Crippen LogP contribution < -0.4 is 9.64 Å². The van der Waals surface area contributed by atoms with Gasteiger partial charge in [-0.05, 0) is 54.5 Å². The zero-order chi connectivity index (χ0) is 18.8. The zero-order valence-electron chi connectivity index (χ0n) is 14.8. The summed E-state index contributed by atoms with van der Waals surface area (Å²) < 4.78 is 10.5. The maximum Gasteiger partial charge on any atom is 0.363 e. The minimum atomic E-state index is -0.494. The van der Waals surface area contributed by atoms with Crippen LogP contribution in [0.4, 0.5) is 5.69 Å². The Labute approximate surface area is 156 Å². The maximum absolute atomic E-state index is 12.1. The van der Waals surface area contributed by atoms with E-state index in [4.69, 9.17) is 9.47 Å². The van der Waals surface area contributed by atoms with E-state index in [1.807, 2.05) is 48.5 Å². The minimum absolute atomic E-state index is 0.135. The average molecular weight is 362 g/mol. The maximum atomic E-state index is 12.1. The van der Waals surface area contributed by atoms with Gasteiger partial charge in [-0.15, -0.1) is 0 Å². The van der Waals surface area contributed by atoms with Crippen molar-refractivity contribution in [3.63, 3.8) is 0 Å². The molecule has 2 aliphatic heterocycles. The quantitative estimate of drug-likeness (QED) is 0.619. The summed E-state index contributed by atoms with van der Waals surface area (Å²) in [5.74, 6) is 0.600. The van der Waals surface area contributed by atoms with Crippen LogP contribution in [0.2, 0.25) is 0 Å². The monoisotopic (exact) mass is 362 g/mol. The molecule has 0 unspecified atom stereocenters. The van der Waals surface area contributed by atoms with Gasteiger partial charge in [-0.2, -0.15) is 0 Å². The molecular formula is C21H18N2O4. The second-order valence-corrected chi connectivity index (χ2v) is 6.31. The molecule has 2 aliphatic rings. The smallest absolute Gasteiger partial charge is 0.363 e. The number of ether oxygens (including phenoxy) is 2. The third-order valence-corrected chi connectivity index (χ3v) is 4.52. The van der Waals surface area contributed by atoms with E-state index in [9.17, 15) is 9.59 Å². The van der Waals surface area contributed by atoms with Crippen LogP contribution in [0.5, 0.6) is 5.75 Å². The van der Waals surface area contributed by atoms with Crippen LogP contribution in [0, 0.1) is 0 Å². The molecule has 0 radical (unpaired) electrons. The fourth-order valence-corrected chi connectivity index (χ4v) is 3.13. The number of carbonyl (C=O) groups is 2. The molecule has 1 fully saturated rings. The summed E-state index contributed by atoms with van der Waals surface area (Å²) in [7, 11) is 1.59. The molecule has 0 atom stereocenters. The van der Waals surface area contributed by atoms with Crippen molar-refractivity contribution in [3.05, 3.63) is 65.4 Å². The van der Waals surface area contributed by atoms with E-state index in [0.717, 1.165) is 24.2 Å². The number of rotatable bonds is 4. The number of nitrogens with zero attached hydrogens (tertiary/aromatic N) is 2. The highest BCUT2D eigenvalue weighted by atomic mass is 16.6. The zero-order valence-corrected chi connectivity index (χ0v) is 14.8. The number of aliphatic imine (C=N–C) groups is 1. The van der Waals surface area contributed by atoms with E-state index in [1.54, 1.807) is 18.1 Å². The van der Waals surface area contributed by atoms with Gasteiger partial charge in [-0.3, -0.25) is 4.79 Å². The molecule has 0 N–H and O–H groups in total. The average Bonchev–Trinajstić information content (AvgIpc) is 3.28. The Hall–Kier alpha value is -3.41. The summed E-state index contributed by atoms with van der Waals surface area (Å²) in [6.45, 7) is 0.738. The molecule has 2 heterocycles. The first-order valence-electron chi connectivity index (χ1n) is 8.71. The molecule has 6 heteroatoms. The number of carbonyl (C=O) groups excluding carboxylic acids is 2. The Bertz CT molecular complexity index is 960. The van der Waals surface area contributed by atoms with Crippen molar-refractivity contribution in [3.8, 4) is 5.75 Å². The summed E-state index contributed by atoms with van der Waals surface area (Å²) in [4.78, 5) is 30.1. The molecule has 27 heavy (non-hydrogen) atoms. The van der Waals surface area contributed by atoms with Gasteiger partial charge >= 0.3 is 5.97 Å². The minimum Gasteiger partial charge on any atom is -0.497 e. The van der Waals surface area contributed by atoms with Gasteiger partial charge in [0, 0.05) is 24.2 Å². The van der Waals surface area contributed by atoms with Crippen molar-refractivity contribution < 1.29 is 19.1 Å². The molecule has 0 spiro atoms. The molecule has 1 saturated heterocycles. The lowest BCUT2D eigenvalue weighted by atomic mass is 10.2. The van der Waals surface area contributed by atoms with Crippen LogP contribution in [-0.4, -0.2) is 31.4 Å². The Morgan fingerprint density at radius 3 is 2.67 bits per heavy atom. The lowest BCUT2D eigenvalue weighted by molar-refractivity contribution is -0.130. The molecular weight excluding hydrogens is 344 g/mol. The highest BCUT2D eigenvalue weighted by Crippen LogP contribution is 2.24. The van der Waals surface area contributed by atoms with E-state index >= 15 is 0 Å². The Morgan fingerprint density at radius 2 is 1.96 bits per heavy atom. The van der Waals surface area contributed by atoms with E-state index in [-0.39, 0.29) is 17.5 Å². The lowest BCUT2D eigenvalue weighted by Gasteiger charge is -2.15. The summed E-state index contributed by atoms with van der Waals surface area (Å²) >= 11 is 0. The predicted molar refractivity (Wildman–Crippen MR) is 102 cm³/mol. The number of methoxy groups -OCH3 is 1. The normalized spacial score (nSPS) is 18.0. The van der Waals surface area contributed by atoms with Crippen molar-refractivity contribution in [1.82, 2.24) is 0 Å². The van der Waals surface area contributed by atoms with Gasteiger partial charge in [-0.1, -0.05) is 12.1 Å². The number of hydrogen-bond acceptors (Lipinski definition) is 5. The highest BCUT2D eigenvalue weighted by molar-refractivity contribution is 6.13. The molecule has 0 bridgehead atoms. The van der Waals surface area contributed by atoms with Crippen molar-refractivity contribution >= 4 is 29.5 Å². The van der Waals surface area contributed by atoms with Crippen LogP contribution in [-0.2, 0) is 14.3 Å². The van der Waals surface area contributed by atoms with Crippen LogP contribution in [0.3, 0.4) is 0 Å². The topological polar surface area (TPSA) is 68.2 Å². The first-order chi connectivity index (χ1) is 13.1. The number of amides is 1. The molecule has 2 aromatic carbocycles. The predicted octanol–water partition coefficient (Wildman–Crippen LogP) is 3.17. The standard InChI is InChI=1S/C21H18N2O4/c1-26-17-5-2-4-14(12-17)13-18-21(25)27-20(22-18)15-7-9-16(10-8-15)23-11-3-6-19(23)24/h2,4-5,7-10,12-13H,3,6,11H2,1H3/b18-13-. The van der Waals surface area contributed by atoms with E-state index in [2.05, 4.69) is 4.99 Å². The third-order valence-electron chi connectivity index (χ3n) is 4.52. The van der Waals surface area contributed by atoms with Gasteiger partial charge < -0.3 is 14.4 Å². The first kappa shape index (κ1) is 17.0. The highest BCUT2D eigenvalue weighted by Gasteiger charge is 2.25. The van der Waals surface area contributed by atoms with Gasteiger partial charge in [0.05, 0.1) is 7.11 Å². The SMILES string of the molecule is COc1cccc(/C=C2\N=C(c3ccc(N4CCCC4=O)cc3)OC2=O)c1. The lowest BCUT2D eigenvalue weighted by Crippen LogP contribution is -2.23. The molecule has 136 valence electrons. The van der Waals surface area contributed by atoms with Gasteiger partial charge in [0.25, 0.3) is 0 Å². The summed E-state index contributed by atoms with van der Waals surface area (Å²) in [6, 6.07) is 14.7. The number of hydrogen-bond donors (Lipinski definition) is 0. The molecule has 0 saturated carbocycles. The van der Waals surface area contributed by atoms with Crippen LogP contribution >= 0.6 is 0 Å². The summed E-state index contributed by atoms with van der Waals surface area (Å²) in [6.07, 6.45) is 3.13. The molecule has 0 aliphatic carbocycles. The number of cyclic esters (lactones) is 1. The van der Waals surface area contributed by atoms with Crippen molar-refractivity contribution in [2.45, 2.75) is 12.8 Å².